The van der Waals surface area contributed by atoms with Crippen molar-refractivity contribution in [2.45, 2.75) is 96.8 Å². The summed E-state index contributed by atoms with van der Waals surface area (Å²) < 4.78 is 27.6. The molecule has 0 spiro atoms. The van der Waals surface area contributed by atoms with E-state index in [9.17, 15) is 8.78 Å². The molecule has 21 heavy (non-hydrogen) atoms. The second kappa shape index (κ2) is 7.92. The van der Waals surface area contributed by atoms with Crippen molar-refractivity contribution >= 4 is 0 Å². The summed E-state index contributed by atoms with van der Waals surface area (Å²) in [5.41, 5.74) is 0. The SMILES string of the molecule is CCCCC1CCC(C2CCC(C(F)(F)CC)CC2)CC1. The first kappa shape index (κ1) is 17.2. The second-order valence-electron chi connectivity index (χ2n) is 7.65. The quantitative estimate of drug-likeness (QED) is 0.504. The average Bonchev–Trinajstić information content (AvgIpc) is 2.53. The first-order valence-corrected chi connectivity index (χ1v) is 9.44. The molecule has 0 N–H and O–H groups in total. The summed E-state index contributed by atoms with van der Waals surface area (Å²) in [5, 5.41) is 0. The molecule has 0 nitrogen and oxygen atoms in total. The lowest BCUT2D eigenvalue weighted by molar-refractivity contribution is -0.0809. The first-order chi connectivity index (χ1) is 10.1. The van der Waals surface area contributed by atoms with E-state index in [0.717, 1.165) is 43.4 Å². The van der Waals surface area contributed by atoms with Crippen LogP contribution >= 0.6 is 0 Å². The molecule has 0 atom stereocenters. The maximum atomic E-state index is 13.8. The Bertz CT molecular complexity index is 284. The second-order valence-corrected chi connectivity index (χ2v) is 7.65. The Balaban J connectivity index is 1.72. The van der Waals surface area contributed by atoms with Crippen molar-refractivity contribution in [2.75, 3.05) is 0 Å². The number of alkyl halides is 2. The largest absolute Gasteiger partial charge is 0.250 e. The fourth-order valence-electron chi connectivity index (χ4n) is 4.74. The summed E-state index contributed by atoms with van der Waals surface area (Å²) in [6, 6.07) is 0. The van der Waals surface area contributed by atoms with Crippen LogP contribution in [0.15, 0.2) is 0 Å². The predicted molar refractivity (Wildman–Crippen MR) is 85.7 cm³/mol. The van der Waals surface area contributed by atoms with E-state index in [1.165, 1.54) is 44.9 Å². The monoisotopic (exact) mass is 300 g/mol. The van der Waals surface area contributed by atoms with Gasteiger partial charge in [-0.25, -0.2) is 8.78 Å². The molecule has 2 aliphatic rings. The molecule has 0 aromatic rings. The summed E-state index contributed by atoms with van der Waals surface area (Å²) in [6.45, 7) is 3.90. The zero-order valence-corrected chi connectivity index (χ0v) is 14.1. The van der Waals surface area contributed by atoms with E-state index in [-0.39, 0.29) is 12.3 Å². The van der Waals surface area contributed by atoms with Crippen molar-refractivity contribution in [1.29, 1.82) is 0 Å². The zero-order chi connectivity index (χ0) is 15.3. The molecule has 2 aliphatic carbocycles. The first-order valence-electron chi connectivity index (χ1n) is 9.44. The molecule has 0 aromatic carbocycles. The van der Waals surface area contributed by atoms with Gasteiger partial charge >= 0.3 is 0 Å². The normalized spacial score (nSPS) is 34.9. The Morgan fingerprint density at radius 3 is 1.81 bits per heavy atom. The minimum absolute atomic E-state index is 0.0187. The highest BCUT2D eigenvalue weighted by Gasteiger charge is 2.41. The van der Waals surface area contributed by atoms with Gasteiger partial charge in [-0.3, -0.25) is 0 Å². The lowest BCUT2D eigenvalue weighted by Crippen LogP contribution is -2.33. The summed E-state index contributed by atoms with van der Waals surface area (Å²) in [7, 11) is 0. The Morgan fingerprint density at radius 1 is 0.810 bits per heavy atom. The molecule has 0 aliphatic heterocycles. The van der Waals surface area contributed by atoms with Gasteiger partial charge in [-0.1, -0.05) is 46.0 Å². The smallest absolute Gasteiger partial charge is 0.207 e. The summed E-state index contributed by atoms with van der Waals surface area (Å²) in [6.07, 6.45) is 13.3. The van der Waals surface area contributed by atoms with E-state index in [1.54, 1.807) is 6.92 Å². The third kappa shape index (κ3) is 4.66. The van der Waals surface area contributed by atoms with Gasteiger partial charge < -0.3 is 0 Å². The lowest BCUT2D eigenvalue weighted by atomic mass is 9.68. The summed E-state index contributed by atoms with van der Waals surface area (Å²) in [4.78, 5) is 0. The van der Waals surface area contributed by atoms with Crippen LogP contribution in [0.4, 0.5) is 8.78 Å². The number of rotatable bonds is 6. The van der Waals surface area contributed by atoms with Crippen LogP contribution < -0.4 is 0 Å². The molecule has 2 saturated carbocycles. The molecule has 2 heteroatoms. The van der Waals surface area contributed by atoms with Crippen molar-refractivity contribution in [3.8, 4) is 0 Å². The Kier molecular flexibility index (Phi) is 6.50. The highest BCUT2D eigenvalue weighted by Crippen LogP contribution is 2.46. The van der Waals surface area contributed by atoms with Gasteiger partial charge in [0.05, 0.1) is 0 Å². The highest BCUT2D eigenvalue weighted by molar-refractivity contribution is 4.86. The number of hydrogen-bond donors (Lipinski definition) is 0. The third-order valence-electron chi connectivity index (χ3n) is 6.36. The fourth-order valence-corrected chi connectivity index (χ4v) is 4.74. The minimum atomic E-state index is -2.41. The van der Waals surface area contributed by atoms with Gasteiger partial charge in [0.2, 0.25) is 0 Å². The molecule has 0 bridgehead atoms. The van der Waals surface area contributed by atoms with Gasteiger partial charge in [0.1, 0.15) is 0 Å². The van der Waals surface area contributed by atoms with Crippen LogP contribution in [0.5, 0.6) is 0 Å². The predicted octanol–water partition coefficient (Wildman–Crippen LogP) is 6.83. The van der Waals surface area contributed by atoms with Crippen LogP contribution in [0.25, 0.3) is 0 Å². The van der Waals surface area contributed by atoms with Crippen LogP contribution in [0.2, 0.25) is 0 Å². The molecule has 0 heterocycles. The maximum absolute atomic E-state index is 13.8. The van der Waals surface area contributed by atoms with Crippen molar-refractivity contribution in [3.05, 3.63) is 0 Å². The Morgan fingerprint density at radius 2 is 1.33 bits per heavy atom. The Hall–Kier alpha value is -0.140. The van der Waals surface area contributed by atoms with E-state index in [4.69, 9.17) is 0 Å². The van der Waals surface area contributed by atoms with Crippen LogP contribution in [-0.4, -0.2) is 5.92 Å². The van der Waals surface area contributed by atoms with Crippen LogP contribution in [0.3, 0.4) is 0 Å². The van der Waals surface area contributed by atoms with E-state index in [0.29, 0.717) is 0 Å². The molecule has 0 radical (unpaired) electrons. The molecule has 0 aromatic heterocycles. The molecule has 0 saturated heterocycles. The van der Waals surface area contributed by atoms with Crippen molar-refractivity contribution in [1.82, 2.24) is 0 Å². The lowest BCUT2D eigenvalue weighted by Gasteiger charge is -2.39. The average molecular weight is 300 g/mol. The standard InChI is InChI=1S/C19H34F2/c1-3-5-6-15-7-9-16(10-8-15)17-11-13-18(14-12-17)19(20,21)4-2/h15-18H,3-14H2,1-2H3. The van der Waals surface area contributed by atoms with E-state index < -0.39 is 5.92 Å². The summed E-state index contributed by atoms with van der Waals surface area (Å²) >= 11 is 0. The molecule has 124 valence electrons. The minimum Gasteiger partial charge on any atom is -0.207 e. The molecule has 2 rings (SSSR count). The van der Waals surface area contributed by atoms with Crippen LogP contribution in [0.1, 0.15) is 90.9 Å². The fraction of sp³-hybridized carbons (Fsp3) is 1.00. The van der Waals surface area contributed by atoms with Crippen molar-refractivity contribution < 1.29 is 8.78 Å². The topological polar surface area (TPSA) is 0 Å². The van der Waals surface area contributed by atoms with E-state index >= 15 is 0 Å². The van der Waals surface area contributed by atoms with Gasteiger partial charge in [0.25, 0.3) is 5.92 Å². The molecular formula is C19H34F2. The van der Waals surface area contributed by atoms with Crippen molar-refractivity contribution in [2.24, 2.45) is 23.7 Å². The van der Waals surface area contributed by atoms with E-state index in [1.807, 2.05) is 0 Å². The van der Waals surface area contributed by atoms with Gasteiger partial charge in [-0.2, -0.15) is 0 Å². The Labute approximate surface area is 130 Å². The van der Waals surface area contributed by atoms with Crippen molar-refractivity contribution in [3.63, 3.8) is 0 Å². The van der Waals surface area contributed by atoms with Gasteiger partial charge in [0.15, 0.2) is 0 Å². The molecule has 2 fully saturated rings. The van der Waals surface area contributed by atoms with Crippen LogP contribution in [0, 0.1) is 23.7 Å². The summed E-state index contributed by atoms with van der Waals surface area (Å²) in [5.74, 6) is -0.190. The van der Waals surface area contributed by atoms with Gasteiger partial charge in [-0.15, -0.1) is 0 Å². The molecular weight excluding hydrogens is 266 g/mol. The van der Waals surface area contributed by atoms with Gasteiger partial charge in [0, 0.05) is 12.3 Å². The van der Waals surface area contributed by atoms with E-state index in [2.05, 4.69) is 6.92 Å². The highest BCUT2D eigenvalue weighted by atomic mass is 19.3. The zero-order valence-electron chi connectivity index (χ0n) is 14.1. The number of hydrogen-bond acceptors (Lipinski definition) is 0. The maximum Gasteiger partial charge on any atom is 0.250 e. The molecule has 0 amide bonds. The molecule has 0 unspecified atom stereocenters. The van der Waals surface area contributed by atoms with Crippen LogP contribution in [-0.2, 0) is 0 Å². The number of halogens is 2. The van der Waals surface area contributed by atoms with Gasteiger partial charge in [-0.05, 0) is 56.3 Å². The third-order valence-corrected chi connectivity index (χ3v) is 6.36. The number of unbranched alkanes of at least 4 members (excludes halogenated alkanes) is 1.